The molecule has 2 heterocycles. The lowest BCUT2D eigenvalue weighted by Gasteiger charge is -2.41. The van der Waals surface area contributed by atoms with Crippen LogP contribution in [0, 0.1) is 5.41 Å². The maximum Gasteiger partial charge on any atom is 0.272 e. The molecule has 0 unspecified atom stereocenters. The minimum Gasteiger partial charge on any atom is -0.393 e. The molecule has 23 heavy (non-hydrogen) atoms. The zero-order valence-electron chi connectivity index (χ0n) is 13.4. The summed E-state index contributed by atoms with van der Waals surface area (Å²) in [6.45, 7) is 2.97. The lowest BCUT2D eigenvalue weighted by Crippen LogP contribution is -2.46. The van der Waals surface area contributed by atoms with Gasteiger partial charge in [0.2, 0.25) is 0 Å². The predicted molar refractivity (Wildman–Crippen MR) is 89.1 cm³/mol. The fraction of sp³-hybridized carbons (Fsp3) is 0.474. The van der Waals surface area contributed by atoms with Crippen LogP contribution in [-0.4, -0.2) is 39.6 Å². The quantitative estimate of drug-likeness (QED) is 0.881. The third kappa shape index (κ3) is 2.41. The van der Waals surface area contributed by atoms with Crippen molar-refractivity contribution in [3.05, 3.63) is 42.1 Å². The molecule has 3 atom stereocenters. The second kappa shape index (κ2) is 5.31. The maximum atomic E-state index is 13.0. The normalized spacial score (nSPS) is 30.4. The van der Waals surface area contributed by atoms with Crippen molar-refractivity contribution in [2.45, 2.75) is 44.8 Å². The van der Waals surface area contributed by atoms with Crippen molar-refractivity contribution in [3.8, 4) is 0 Å². The Hall–Kier alpha value is -1.94. The summed E-state index contributed by atoms with van der Waals surface area (Å²) in [7, 11) is 0. The number of fused-ring (bicyclic) bond motifs is 2. The number of hydrogen-bond donors (Lipinski definition) is 1. The van der Waals surface area contributed by atoms with Crippen molar-refractivity contribution in [2.75, 3.05) is 6.54 Å². The van der Waals surface area contributed by atoms with Gasteiger partial charge in [0.05, 0.1) is 11.6 Å². The molecule has 4 rings (SSSR count). The number of nitrogens with zero attached hydrogens (tertiary/aromatic N) is 2. The van der Waals surface area contributed by atoms with Crippen LogP contribution in [-0.2, 0) is 0 Å². The zero-order chi connectivity index (χ0) is 16.0. The summed E-state index contributed by atoms with van der Waals surface area (Å²) in [5.74, 6) is 0.0286. The molecule has 2 aromatic rings. The van der Waals surface area contributed by atoms with Crippen molar-refractivity contribution in [2.24, 2.45) is 5.41 Å². The minimum absolute atomic E-state index is 0.0286. The van der Waals surface area contributed by atoms with Crippen LogP contribution >= 0.6 is 0 Å². The third-order valence-electron chi connectivity index (χ3n) is 5.66. The van der Waals surface area contributed by atoms with E-state index >= 15 is 0 Å². The third-order valence-corrected chi connectivity index (χ3v) is 5.66. The molecule has 4 heteroatoms. The van der Waals surface area contributed by atoms with Crippen LogP contribution in [0.5, 0.6) is 0 Å². The van der Waals surface area contributed by atoms with E-state index in [2.05, 4.69) is 11.9 Å². The molecule has 4 nitrogen and oxygen atoms in total. The van der Waals surface area contributed by atoms with Crippen molar-refractivity contribution in [1.82, 2.24) is 9.88 Å². The molecule has 1 aromatic heterocycles. The number of aliphatic hydroxyl groups is 1. The van der Waals surface area contributed by atoms with E-state index in [0.29, 0.717) is 5.69 Å². The van der Waals surface area contributed by atoms with Crippen molar-refractivity contribution < 1.29 is 9.90 Å². The highest BCUT2D eigenvalue weighted by molar-refractivity contribution is 5.95. The van der Waals surface area contributed by atoms with Crippen LogP contribution < -0.4 is 0 Å². The second-order valence-corrected chi connectivity index (χ2v) is 7.24. The fourth-order valence-corrected chi connectivity index (χ4v) is 4.38. The van der Waals surface area contributed by atoms with E-state index in [0.717, 1.165) is 43.1 Å². The van der Waals surface area contributed by atoms with Crippen LogP contribution in [0.4, 0.5) is 0 Å². The van der Waals surface area contributed by atoms with Crippen LogP contribution in [0.15, 0.2) is 36.4 Å². The lowest BCUT2D eigenvalue weighted by atomic mass is 9.71. The SMILES string of the molecule is C[C@@]12CCN(C(=O)c3ccc4ccccc4n3)[C@@H]1CC[C@@H](O)C2. The highest BCUT2D eigenvalue weighted by atomic mass is 16.3. The van der Waals surface area contributed by atoms with Gasteiger partial charge in [0.25, 0.3) is 5.91 Å². The first-order valence-corrected chi connectivity index (χ1v) is 8.42. The van der Waals surface area contributed by atoms with Gasteiger partial charge in [0.15, 0.2) is 0 Å². The molecule has 1 aliphatic heterocycles. The summed E-state index contributed by atoms with van der Waals surface area (Å²) in [6, 6.07) is 11.9. The zero-order valence-corrected chi connectivity index (χ0v) is 13.4. The molecule has 2 fully saturated rings. The smallest absolute Gasteiger partial charge is 0.272 e. The summed E-state index contributed by atoms with van der Waals surface area (Å²) in [5, 5.41) is 11.0. The fourth-order valence-electron chi connectivity index (χ4n) is 4.38. The van der Waals surface area contributed by atoms with Gasteiger partial charge >= 0.3 is 0 Å². The van der Waals surface area contributed by atoms with E-state index in [4.69, 9.17) is 0 Å². The molecule has 1 saturated carbocycles. The van der Waals surface area contributed by atoms with Gasteiger partial charge in [-0.05, 0) is 43.2 Å². The van der Waals surface area contributed by atoms with Crippen LogP contribution in [0.25, 0.3) is 10.9 Å². The number of hydrogen-bond acceptors (Lipinski definition) is 3. The van der Waals surface area contributed by atoms with Crippen molar-refractivity contribution in [1.29, 1.82) is 0 Å². The summed E-state index contributed by atoms with van der Waals surface area (Å²) in [5.41, 5.74) is 1.43. The van der Waals surface area contributed by atoms with Crippen LogP contribution in [0.3, 0.4) is 0 Å². The number of para-hydroxylation sites is 1. The van der Waals surface area contributed by atoms with E-state index in [1.807, 2.05) is 41.3 Å². The number of amides is 1. The molecule has 120 valence electrons. The van der Waals surface area contributed by atoms with Crippen molar-refractivity contribution in [3.63, 3.8) is 0 Å². The average molecular weight is 310 g/mol. The number of rotatable bonds is 1. The van der Waals surface area contributed by atoms with E-state index < -0.39 is 0 Å². The predicted octanol–water partition coefficient (Wildman–Crippen LogP) is 3.00. The van der Waals surface area contributed by atoms with Gasteiger partial charge in [-0.15, -0.1) is 0 Å². The van der Waals surface area contributed by atoms with Gasteiger partial charge in [0, 0.05) is 18.0 Å². The highest BCUT2D eigenvalue weighted by Gasteiger charge is 2.49. The standard InChI is InChI=1S/C19H22N2O2/c1-19-10-11-21(17(19)9-7-14(22)12-19)18(23)16-8-6-13-4-2-3-5-15(13)20-16/h2-6,8,14,17,22H,7,9-12H2,1H3/t14-,17-,19+/m1/s1. The first-order chi connectivity index (χ1) is 11.1. The Morgan fingerprint density at radius 3 is 2.96 bits per heavy atom. The Kier molecular flexibility index (Phi) is 3.38. The number of aromatic nitrogens is 1. The monoisotopic (exact) mass is 310 g/mol. The van der Waals surface area contributed by atoms with E-state index in [1.165, 1.54) is 0 Å². The molecule has 1 amide bonds. The number of carbonyl (C=O) groups is 1. The maximum absolute atomic E-state index is 13.0. The summed E-state index contributed by atoms with van der Waals surface area (Å²) in [6.07, 6.45) is 3.22. The number of pyridine rings is 1. The Morgan fingerprint density at radius 2 is 2.09 bits per heavy atom. The minimum atomic E-state index is -0.218. The lowest BCUT2D eigenvalue weighted by molar-refractivity contribution is 0.0209. The van der Waals surface area contributed by atoms with Crippen molar-refractivity contribution >= 4 is 16.8 Å². The Morgan fingerprint density at radius 1 is 1.26 bits per heavy atom. The van der Waals surface area contributed by atoms with E-state index in [-0.39, 0.29) is 23.5 Å². The Bertz CT molecular complexity index is 760. The van der Waals surface area contributed by atoms with Gasteiger partial charge < -0.3 is 10.0 Å². The molecule has 0 radical (unpaired) electrons. The number of benzene rings is 1. The molecule has 1 saturated heterocycles. The largest absolute Gasteiger partial charge is 0.393 e. The van der Waals surface area contributed by atoms with Crippen LogP contribution in [0.2, 0.25) is 0 Å². The molecule has 1 aliphatic carbocycles. The number of aliphatic hydroxyl groups excluding tert-OH is 1. The highest BCUT2D eigenvalue weighted by Crippen LogP contribution is 2.46. The van der Waals surface area contributed by atoms with Gasteiger partial charge in [-0.25, -0.2) is 4.98 Å². The van der Waals surface area contributed by atoms with E-state index in [9.17, 15) is 9.90 Å². The summed E-state index contributed by atoms with van der Waals surface area (Å²) in [4.78, 5) is 19.5. The first kappa shape index (κ1) is 14.6. The number of likely N-dealkylation sites (tertiary alicyclic amines) is 1. The van der Waals surface area contributed by atoms with Gasteiger partial charge in [-0.3, -0.25) is 4.79 Å². The molecule has 1 N–H and O–H groups in total. The average Bonchev–Trinajstić information content (AvgIpc) is 2.89. The Labute approximate surface area is 136 Å². The molecule has 0 spiro atoms. The van der Waals surface area contributed by atoms with Crippen LogP contribution in [0.1, 0.15) is 43.1 Å². The first-order valence-electron chi connectivity index (χ1n) is 8.42. The second-order valence-electron chi connectivity index (χ2n) is 7.24. The molecule has 2 aliphatic rings. The Balaban J connectivity index is 1.63. The molecule has 1 aromatic carbocycles. The van der Waals surface area contributed by atoms with Gasteiger partial charge in [-0.1, -0.05) is 31.2 Å². The summed E-state index contributed by atoms with van der Waals surface area (Å²) < 4.78 is 0. The molecular weight excluding hydrogens is 288 g/mol. The molecule has 0 bridgehead atoms. The van der Waals surface area contributed by atoms with Gasteiger partial charge in [0.1, 0.15) is 5.69 Å². The van der Waals surface area contributed by atoms with E-state index in [1.54, 1.807) is 0 Å². The topological polar surface area (TPSA) is 53.4 Å². The van der Waals surface area contributed by atoms with Gasteiger partial charge in [-0.2, -0.15) is 0 Å². The molecular formula is C19H22N2O2. The summed E-state index contributed by atoms with van der Waals surface area (Å²) >= 11 is 0. The number of carbonyl (C=O) groups excluding carboxylic acids is 1.